The molecule has 0 aromatic rings. The van der Waals surface area contributed by atoms with E-state index in [-0.39, 0.29) is 0 Å². The van der Waals surface area contributed by atoms with Crippen molar-refractivity contribution in [3.63, 3.8) is 0 Å². The van der Waals surface area contributed by atoms with Crippen molar-refractivity contribution >= 4 is 11.8 Å². The fourth-order valence-corrected chi connectivity index (χ4v) is 2.59. The van der Waals surface area contributed by atoms with Gasteiger partial charge in [-0.3, -0.25) is 4.90 Å². The van der Waals surface area contributed by atoms with Crippen LogP contribution in [0.4, 0.5) is 0 Å². The zero-order chi connectivity index (χ0) is 7.40. The largest absolute Gasteiger partial charge is 0.290 e. The van der Waals surface area contributed by atoms with Gasteiger partial charge in [0.15, 0.2) is 0 Å². The predicted octanol–water partition coefficient (Wildman–Crippen LogP) is 2.18. The molecule has 0 amide bonds. The summed E-state index contributed by atoms with van der Waals surface area (Å²) in [6.45, 7) is 5.89. The molecule has 0 unspecified atom stereocenters. The number of hydrogen-bond acceptors (Lipinski definition) is 2. The quantitative estimate of drug-likeness (QED) is 0.621. The minimum atomic E-state index is 0.856. The molecule has 60 valence electrons. The van der Waals surface area contributed by atoms with Crippen molar-refractivity contribution in [2.75, 3.05) is 18.2 Å². The van der Waals surface area contributed by atoms with Gasteiger partial charge in [-0.1, -0.05) is 13.8 Å². The van der Waals surface area contributed by atoms with Gasteiger partial charge in [0.2, 0.25) is 0 Å². The first-order chi connectivity index (χ1) is 4.88. The summed E-state index contributed by atoms with van der Waals surface area (Å²) in [7, 11) is 0. The molecule has 0 aliphatic carbocycles. The second-order valence-electron chi connectivity index (χ2n) is 2.82. The van der Waals surface area contributed by atoms with E-state index in [0.29, 0.717) is 0 Å². The predicted molar refractivity (Wildman–Crippen MR) is 48.4 cm³/mol. The van der Waals surface area contributed by atoms with E-state index >= 15 is 0 Å². The highest BCUT2D eigenvalue weighted by atomic mass is 32.2. The Morgan fingerprint density at radius 1 is 1.40 bits per heavy atom. The third-order valence-electron chi connectivity index (χ3n) is 2.24. The van der Waals surface area contributed by atoms with Crippen LogP contribution >= 0.6 is 11.8 Å². The molecule has 2 heteroatoms. The van der Waals surface area contributed by atoms with Crippen molar-refractivity contribution in [3.8, 4) is 0 Å². The fourth-order valence-electron chi connectivity index (χ4n) is 1.52. The van der Waals surface area contributed by atoms with Crippen LogP contribution in [0.1, 0.15) is 26.7 Å². The van der Waals surface area contributed by atoms with Crippen LogP contribution in [0.25, 0.3) is 0 Å². The summed E-state index contributed by atoms with van der Waals surface area (Å²) in [6, 6.07) is 0.856. The van der Waals surface area contributed by atoms with Crippen LogP contribution in [0.3, 0.4) is 0 Å². The van der Waals surface area contributed by atoms with Crippen molar-refractivity contribution in [3.05, 3.63) is 0 Å². The van der Waals surface area contributed by atoms with E-state index in [1.807, 2.05) is 0 Å². The molecule has 1 aliphatic heterocycles. The van der Waals surface area contributed by atoms with E-state index in [1.165, 1.54) is 31.0 Å². The highest BCUT2D eigenvalue weighted by molar-refractivity contribution is 7.99. The monoisotopic (exact) mass is 159 g/mol. The first kappa shape index (κ1) is 8.41. The smallest absolute Gasteiger partial charge is 0.0448 e. The molecule has 1 saturated heterocycles. The molecule has 0 saturated carbocycles. The van der Waals surface area contributed by atoms with Gasteiger partial charge in [0.1, 0.15) is 0 Å². The molecule has 0 spiro atoms. The SMILES string of the molecule is CCC(CC)N1CCSC1. The molecule has 10 heavy (non-hydrogen) atoms. The molecule has 0 N–H and O–H groups in total. The van der Waals surface area contributed by atoms with Crippen molar-refractivity contribution in [2.45, 2.75) is 32.7 Å². The molecule has 1 rings (SSSR count). The standard InChI is InChI=1S/C8H17NS/c1-3-8(4-2)9-5-6-10-7-9/h8H,3-7H2,1-2H3. The maximum atomic E-state index is 2.60. The van der Waals surface area contributed by atoms with Crippen LogP contribution in [0.15, 0.2) is 0 Å². The molecule has 0 aromatic heterocycles. The van der Waals surface area contributed by atoms with Gasteiger partial charge in [0.05, 0.1) is 0 Å². The molecule has 0 atom stereocenters. The number of rotatable bonds is 3. The van der Waals surface area contributed by atoms with Gasteiger partial charge in [-0.25, -0.2) is 0 Å². The molecule has 0 bridgehead atoms. The van der Waals surface area contributed by atoms with Crippen molar-refractivity contribution in [1.82, 2.24) is 4.90 Å². The van der Waals surface area contributed by atoms with Crippen LogP contribution in [-0.2, 0) is 0 Å². The summed E-state index contributed by atoms with van der Waals surface area (Å²) in [5.74, 6) is 2.61. The first-order valence-corrected chi connectivity index (χ1v) is 5.35. The Morgan fingerprint density at radius 3 is 2.50 bits per heavy atom. The van der Waals surface area contributed by atoms with E-state index in [9.17, 15) is 0 Å². The third kappa shape index (κ3) is 1.89. The van der Waals surface area contributed by atoms with Crippen LogP contribution in [-0.4, -0.2) is 29.1 Å². The van der Waals surface area contributed by atoms with Gasteiger partial charge in [0.25, 0.3) is 0 Å². The molecule has 1 fully saturated rings. The Kier molecular flexibility index (Phi) is 3.57. The van der Waals surface area contributed by atoms with E-state index in [2.05, 4.69) is 30.5 Å². The molecular formula is C8H17NS. The van der Waals surface area contributed by atoms with Gasteiger partial charge >= 0.3 is 0 Å². The Balaban J connectivity index is 2.29. The number of thioether (sulfide) groups is 1. The highest BCUT2D eigenvalue weighted by Gasteiger charge is 2.18. The first-order valence-electron chi connectivity index (χ1n) is 4.20. The highest BCUT2D eigenvalue weighted by Crippen LogP contribution is 2.19. The topological polar surface area (TPSA) is 3.24 Å². The molecular weight excluding hydrogens is 142 g/mol. The van der Waals surface area contributed by atoms with Crippen LogP contribution in [0.5, 0.6) is 0 Å². The van der Waals surface area contributed by atoms with Crippen LogP contribution in [0.2, 0.25) is 0 Å². The Bertz CT molecular complexity index is 85.3. The lowest BCUT2D eigenvalue weighted by Crippen LogP contribution is -2.31. The lowest BCUT2D eigenvalue weighted by atomic mass is 10.1. The Morgan fingerprint density at radius 2 is 2.10 bits per heavy atom. The second kappa shape index (κ2) is 4.24. The third-order valence-corrected chi connectivity index (χ3v) is 3.22. The summed E-state index contributed by atoms with van der Waals surface area (Å²) in [6.07, 6.45) is 2.63. The Labute approximate surface area is 68.2 Å². The Hall–Kier alpha value is 0.310. The van der Waals surface area contributed by atoms with Gasteiger partial charge < -0.3 is 0 Å². The molecule has 1 nitrogen and oxygen atoms in total. The van der Waals surface area contributed by atoms with Gasteiger partial charge in [0, 0.05) is 24.2 Å². The van der Waals surface area contributed by atoms with E-state index in [0.717, 1.165) is 6.04 Å². The average molecular weight is 159 g/mol. The van der Waals surface area contributed by atoms with Gasteiger partial charge in [-0.2, -0.15) is 0 Å². The lowest BCUT2D eigenvalue weighted by Gasteiger charge is -2.23. The van der Waals surface area contributed by atoms with Crippen LogP contribution in [0, 0.1) is 0 Å². The summed E-state index contributed by atoms with van der Waals surface area (Å²) in [5, 5.41) is 0. The second-order valence-corrected chi connectivity index (χ2v) is 3.89. The zero-order valence-corrected chi connectivity index (χ0v) is 7.78. The zero-order valence-electron chi connectivity index (χ0n) is 6.97. The van der Waals surface area contributed by atoms with E-state index in [4.69, 9.17) is 0 Å². The summed E-state index contributed by atoms with van der Waals surface area (Å²) in [4.78, 5) is 2.60. The van der Waals surface area contributed by atoms with Crippen LogP contribution < -0.4 is 0 Å². The molecule has 1 aliphatic rings. The molecule has 0 radical (unpaired) electrons. The number of hydrogen-bond donors (Lipinski definition) is 0. The molecule has 1 heterocycles. The van der Waals surface area contributed by atoms with Gasteiger partial charge in [-0.15, -0.1) is 11.8 Å². The van der Waals surface area contributed by atoms with E-state index in [1.54, 1.807) is 0 Å². The minimum absolute atomic E-state index is 0.856. The van der Waals surface area contributed by atoms with Gasteiger partial charge in [-0.05, 0) is 12.8 Å². The summed E-state index contributed by atoms with van der Waals surface area (Å²) >= 11 is 2.07. The number of nitrogens with zero attached hydrogens (tertiary/aromatic N) is 1. The van der Waals surface area contributed by atoms with E-state index < -0.39 is 0 Å². The maximum Gasteiger partial charge on any atom is 0.0448 e. The normalized spacial score (nSPS) is 20.7. The molecule has 0 aromatic carbocycles. The summed E-state index contributed by atoms with van der Waals surface area (Å²) < 4.78 is 0. The van der Waals surface area contributed by atoms with Crippen molar-refractivity contribution < 1.29 is 0 Å². The van der Waals surface area contributed by atoms with Crippen molar-refractivity contribution in [2.24, 2.45) is 0 Å². The van der Waals surface area contributed by atoms with Crippen molar-refractivity contribution in [1.29, 1.82) is 0 Å². The fraction of sp³-hybridized carbons (Fsp3) is 1.00. The minimum Gasteiger partial charge on any atom is -0.290 e. The summed E-state index contributed by atoms with van der Waals surface area (Å²) in [5.41, 5.74) is 0. The average Bonchev–Trinajstić information content (AvgIpc) is 2.43. The maximum absolute atomic E-state index is 2.60. The lowest BCUT2D eigenvalue weighted by molar-refractivity contribution is 0.243.